The molecule has 5 aromatic carbocycles. The van der Waals surface area contributed by atoms with Gasteiger partial charge in [-0.3, -0.25) is 0 Å². The van der Waals surface area contributed by atoms with Crippen molar-refractivity contribution in [2.75, 3.05) is 0 Å². The summed E-state index contributed by atoms with van der Waals surface area (Å²) in [7, 11) is -1.23. The second kappa shape index (κ2) is 13.2. The summed E-state index contributed by atoms with van der Waals surface area (Å²) in [6.45, 7) is 13.6. The van der Waals surface area contributed by atoms with E-state index >= 15 is 0 Å². The average Bonchev–Trinajstić information content (AvgIpc) is 3.45. The minimum absolute atomic E-state index is 0. The summed E-state index contributed by atoms with van der Waals surface area (Å²) in [5.74, 6) is 0. The van der Waals surface area contributed by atoms with Crippen LogP contribution < -0.4 is 5.19 Å². The largest absolute Gasteiger partial charge is 0.501 e. The fourth-order valence-corrected chi connectivity index (χ4v) is 7.05. The molecule has 0 atom stereocenters. The molecular weight excluding hydrogens is 781 g/mol. The third-order valence-electron chi connectivity index (χ3n) is 8.79. The van der Waals surface area contributed by atoms with E-state index in [4.69, 9.17) is 4.42 Å². The molecule has 48 heavy (non-hydrogen) atoms. The summed E-state index contributed by atoms with van der Waals surface area (Å²) in [6, 6.07) is 44.4. The zero-order valence-electron chi connectivity index (χ0n) is 28.2. The van der Waals surface area contributed by atoms with Crippen molar-refractivity contribution in [3.8, 4) is 22.5 Å². The number of pyridine rings is 2. The molecule has 0 unspecified atom stereocenters. The normalized spacial score (nSPS) is 11.8. The maximum atomic E-state index is 6.45. The zero-order chi connectivity index (χ0) is 32.8. The van der Waals surface area contributed by atoms with Gasteiger partial charge in [0, 0.05) is 37.9 Å². The van der Waals surface area contributed by atoms with Crippen molar-refractivity contribution in [1.82, 2.24) is 9.97 Å². The molecule has 8 aromatic rings. The molecule has 0 aliphatic carbocycles. The maximum Gasteiger partial charge on any atom is 0.121 e. The zero-order valence-corrected chi connectivity index (χ0v) is 31.6. The van der Waals surface area contributed by atoms with Crippen molar-refractivity contribution in [2.45, 2.75) is 45.8 Å². The van der Waals surface area contributed by atoms with Crippen LogP contribution in [0.25, 0.3) is 66.0 Å². The van der Waals surface area contributed by atoms with E-state index in [1.807, 2.05) is 42.7 Å². The molecule has 8 rings (SSSR count). The number of rotatable bonds is 3. The minimum atomic E-state index is -1.23. The van der Waals surface area contributed by atoms with Crippen LogP contribution in [0.3, 0.4) is 0 Å². The van der Waals surface area contributed by atoms with Gasteiger partial charge in [0.05, 0.1) is 13.7 Å². The molecule has 3 heterocycles. The van der Waals surface area contributed by atoms with Crippen molar-refractivity contribution >= 4 is 56.7 Å². The Morgan fingerprint density at radius 2 is 1.44 bits per heavy atom. The molecule has 1 radical (unpaired) electrons. The second-order valence-corrected chi connectivity index (χ2v) is 19.3. The number of aromatic nitrogens is 2. The summed E-state index contributed by atoms with van der Waals surface area (Å²) in [4.78, 5) is 9.17. The molecule has 0 N–H and O–H groups in total. The van der Waals surface area contributed by atoms with Gasteiger partial charge in [0.2, 0.25) is 0 Å². The van der Waals surface area contributed by atoms with E-state index in [0.29, 0.717) is 0 Å². The third kappa shape index (κ3) is 6.64. The van der Waals surface area contributed by atoms with Gasteiger partial charge in [0.15, 0.2) is 0 Å². The molecule has 5 heteroatoms. The number of benzene rings is 5. The van der Waals surface area contributed by atoms with Gasteiger partial charge >= 0.3 is 0 Å². The molecule has 0 aliphatic rings. The Bertz CT molecular complexity index is 2370. The number of hydrogen-bond acceptors (Lipinski definition) is 3. The van der Waals surface area contributed by atoms with Gasteiger partial charge in [-0.05, 0) is 67.3 Å². The predicted molar refractivity (Wildman–Crippen MR) is 201 cm³/mol. The Hall–Kier alpha value is -4.41. The Labute approximate surface area is 297 Å². The van der Waals surface area contributed by atoms with Crippen LogP contribution in [0.15, 0.2) is 126 Å². The number of hydrogen-bond donors (Lipinski definition) is 0. The molecule has 0 aliphatic heterocycles. The molecule has 0 bridgehead atoms. The Balaban J connectivity index is 0.000000201. The van der Waals surface area contributed by atoms with Gasteiger partial charge in [-0.2, -0.15) is 0 Å². The van der Waals surface area contributed by atoms with Crippen LogP contribution in [0.2, 0.25) is 19.6 Å². The summed E-state index contributed by atoms with van der Waals surface area (Å²) in [5.41, 5.74) is 6.91. The quantitative estimate of drug-likeness (QED) is 0.101. The maximum absolute atomic E-state index is 6.45. The molecule has 3 aromatic heterocycles. The van der Waals surface area contributed by atoms with Gasteiger partial charge in [0.1, 0.15) is 5.58 Å². The van der Waals surface area contributed by atoms with Crippen molar-refractivity contribution in [1.29, 1.82) is 0 Å². The number of nitrogens with zero attached hydrogens (tertiary/aromatic N) is 2. The number of furan rings is 1. The van der Waals surface area contributed by atoms with Crippen molar-refractivity contribution in [3.05, 3.63) is 139 Å². The topological polar surface area (TPSA) is 38.9 Å². The fraction of sp³-hybridized carbons (Fsp3) is 0.163. The van der Waals surface area contributed by atoms with Crippen LogP contribution in [-0.2, 0) is 25.5 Å². The van der Waals surface area contributed by atoms with Crippen LogP contribution in [-0.4, -0.2) is 18.0 Å². The molecule has 241 valence electrons. The first kappa shape index (κ1) is 33.5. The van der Waals surface area contributed by atoms with E-state index in [2.05, 4.69) is 141 Å². The Morgan fingerprint density at radius 3 is 2.17 bits per heavy atom. The van der Waals surface area contributed by atoms with E-state index in [-0.39, 0.29) is 25.5 Å². The summed E-state index contributed by atoms with van der Waals surface area (Å²) in [6.07, 6.45) is 3.90. The van der Waals surface area contributed by atoms with Gasteiger partial charge in [-0.1, -0.05) is 106 Å². The van der Waals surface area contributed by atoms with Crippen molar-refractivity contribution < 1.29 is 24.5 Å². The fourth-order valence-electron chi connectivity index (χ4n) is 6.02. The molecule has 3 nitrogen and oxygen atoms in total. The van der Waals surface area contributed by atoms with Crippen LogP contribution >= 0.6 is 0 Å². The van der Waals surface area contributed by atoms with Crippen LogP contribution in [0, 0.1) is 12.1 Å². The molecule has 0 saturated carbocycles. The van der Waals surface area contributed by atoms with Crippen LogP contribution in [0.4, 0.5) is 0 Å². The average molecular weight is 819 g/mol. The molecule has 0 saturated heterocycles. The van der Waals surface area contributed by atoms with Crippen molar-refractivity contribution in [2.24, 2.45) is 0 Å². The first-order chi connectivity index (χ1) is 22.6. The first-order valence-corrected chi connectivity index (χ1v) is 19.7. The van der Waals surface area contributed by atoms with Gasteiger partial charge in [-0.15, -0.1) is 54.1 Å². The molecule has 0 fully saturated rings. The summed E-state index contributed by atoms with van der Waals surface area (Å²) in [5, 5.41) is 8.53. The molecule has 0 amide bonds. The van der Waals surface area contributed by atoms with Crippen LogP contribution in [0.5, 0.6) is 0 Å². The minimum Gasteiger partial charge on any atom is -0.501 e. The molecule has 0 spiro atoms. The number of fused-ring (bicyclic) bond motifs is 6. The monoisotopic (exact) mass is 819 g/mol. The Kier molecular flexibility index (Phi) is 9.24. The van der Waals surface area contributed by atoms with Gasteiger partial charge in [0.25, 0.3) is 0 Å². The summed E-state index contributed by atoms with van der Waals surface area (Å²) >= 11 is 0. The van der Waals surface area contributed by atoms with E-state index in [0.717, 1.165) is 44.5 Å². The smallest absolute Gasteiger partial charge is 0.121 e. The second-order valence-electron chi connectivity index (χ2n) is 14.2. The van der Waals surface area contributed by atoms with Gasteiger partial charge in [-0.25, -0.2) is 0 Å². The van der Waals surface area contributed by atoms with Gasteiger partial charge < -0.3 is 14.4 Å². The predicted octanol–water partition coefficient (Wildman–Crippen LogP) is 11.1. The van der Waals surface area contributed by atoms with E-state index in [9.17, 15) is 0 Å². The van der Waals surface area contributed by atoms with Crippen LogP contribution in [0.1, 0.15) is 26.3 Å². The van der Waals surface area contributed by atoms with E-state index < -0.39 is 8.07 Å². The SMILES string of the molecule is CC(C)(C)c1ccnc(-c2[c-]ccc3c2oc2cc4c(ccc5ccccc54)cc23)c1.C[Si](C)(C)c1ccc(-c2[c-]cccc2)nc1.[Ir]. The van der Waals surface area contributed by atoms with Crippen molar-refractivity contribution in [3.63, 3.8) is 0 Å². The Morgan fingerprint density at radius 1 is 0.646 bits per heavy atom. The summed E-state index contributed by atoms with van der Waals surface area (Å²) < 4.78 is 6.45. The van der Waals surface area contributed by atoms with E-state index in [1.54, 1.807) is 0 Å². The first-order valence-electron chi connectivity index (χ1n) is 16.2. The third-order valence-corrected chi connectivity index (χ3v) is 10.8. The molecular formula is C43H38IrN2OSi-2. The van der Waals surface area contributed by atoms with E-state index in [1.165, 1.54) is 32.3 Å². The standard InChI is InChI=1S/C29H22NO.C14H16NSi.Ir/c1-29(2,3)20-13-14-30-26(16-20)23-10-6-9-22-25-15-19-12-11-18-7-4-5-8-21(18)24(19)17-27(25)31-28(22)23;1-16(2,3)13-9-10-14(15-11-13)12-7-5-4-6-8-12;/h4-9,11-17H,1-3H3;4-7,9-11H,1-3H3;/q2*-1;.